The maximum absolute atomic E-state index is 13.4. The van der Waals surface area contributed by atoms with Crippen LogP contribution < -0.4 is 5.73 Å². The number of halogens is 2. The van der Waals surface area contributed by atoms with Gasteiger partial charge in [0.2, 0.25) is 0 Å². The van der Waals surface area contributed by atoms with E-state index in [0.29, 0.717) is 12.0 Å². The molecule has 0 aliphatic heterocycles. The van der Waals surface area contributed by atoms with E-state index in [4.69, 9.17) is 5.73 Å². The zero-order valence-electron chi connectivity index (χ0n) is 10.7. The van der Waals surface area contributed by atoms with Gasteiger partial charge in [0, 0.05) is 6.04 Å². The highest BCUT2D eigenvalue weighted by molar-refractivity contribution is 5.19. The first-order valence-electron chi connectivity index (χ1n) is 6.44. The van der Waals surface area contributed by atoms with Crippen molar-refractivity contribution in [3.63, 3.8) is 0 Å². The minimum absolute atomic E-state index is 0.106. The van der Waals surface area contributed by atoms with Crippen LogP contribution in [-0.2, 0) is 6.42 Å². The van der Waals surface area contributed by atoms with Gasteiger partial charge < -0.3 is 5.73 Å². The Balaban J connectivity index is 2.33. The molecule has 0 spiro atoms. The standard InChI is InChI=1S/C15H21F2N/c1-2-3-4-5-6-9-13(18)11-12-8-7-10-14(16)15(12)17/h2,7-8,10,13H,1,3-6,9,11,18H2. The van der Waals surface area contributed by atoms with Crippen LogP contribution >= 0.6 is 0 Å². The van der Waals surface area contributed by atoms with Crippen LogP contribution in [0.3, 0.4) is 0 Å². The quantitative estimate of drug-likeness (QED) is 0.550. The molecule has 1 unspecified atom stereocenters. The van der Waals surface area contributed by atoms with E-state index >= 15 is 0 Å². The van der Waals surface area contributed by atoms with Gasteiger partial charge in [0.05, 0.1) is 0 Å². The maximum Gasteiger partial charge on any atom is 0.162 e. The van der Waals surface area contributed by atoms with Gasteiger partial charge in [-0.15, -0.1) is 6.58 Å². The Morgan fingerprint density at radius 1 is 1.22 bits per heavy atom. The van der Waals surface area contributed by atoms with Gasteiger partial charge in [0.1, 0.15) is 0 Å². The van der Waals surface area contributed by atoms with Gasteiger partial charge in [0.15, 0.2) is 11.6 Å². The summed E-state index contributed by atoms with van der Waals surface area (Å²) in [5, 5.41) is 0. The summed E-state index contributed by atoms with van der Waals surface area (Å²) in [4.78, 5) is 0. The first kappa shape index (κ1) is 14.8. The van der Waals surface area contributed by atoms with Crippen molar-refractivity contribution in [3.8, 4) is 0 Å². The largest absolute Gasteiger partial charge is 0.327 e. The Hall–Kier alpha value is -1.22. The number of allylic oxidation sites excluding steroid dienone is 1. The topological polar surface area (TPSA) is 26.0 Å². The van der Waals surface area contributed by atoms with Crippen LogP contribution in [0.2, 0.25) is 0 Å². The average molecular weight is 253 g/mol. The third kappa shape index (κ3) is 4.96. The number of nitrogens with two attached hydrogens (primary N) is 1. The molecular weight excluding hydrogens is 232 g/mol. The summed E-state index contributed by atoms with van der Waals surface area (Å²) < 4.78 is 26.4. The summed E-state index contributed by atoms with van der Waals surface area (Å²) in [6.45, 7) is 3.67. The lowest BCUT2D eigenvalue weighted by Gasteiger charge is -2.12. The molecule has 1 aromatic rings. The third-order valence-corrected chi connectivity index (χ3v) is 3.00. The average Bonchev–Trinajstić information content (AvgIpc) is 2.35. The molecule has 0 saturated heterocycles. The molecule has 0 saturated carbocycles. The van der Waals surface area contributed by atoms with Gasteiger partial charge >= 0.3 is 0 Å². The highest BCUT2D eigenvalue weighted by atomic mass is 19.2. The second-order valence-electron chi connectivity index (χ2n) is 4.60. The van der Waals surface area contributed by atoms with Gasteiger partial charge in [0.25, 0.3) is 0 Å². The lowest BCUT2D eigenvalue weighted by molar-refractivity contribution is 0.485. The predicted molar refractivity (Wildman–Crippen MR) is 71.3 cm³/mol. The molecule has 1 aromatic carbocycles. The molecule has 2 N–H and O–H groups in total. The lowest BCUT2D eigenvalue weighted by Crippen LogP contribution is -2.23. The van der Waals surface area contributed by atoms with Gasteiger partial charge in [-0.2, -0.15) is 0 Å². The smallest absolute Gasteiger partial charge is 0.162 e. The Labute approximate surface area is 108 Å². The maximum atomic E-state index is 13.4. The molecule has 3 heteroatoms. The van der Waals surface area contributed by atoms with Crippen molar-refractivity contribution in [1.82, 2.24) is 0 Å². The normalized spacial score (nSPS) is 12.4. The van der Waals surface area contributed by atoms with E-state index < -0.39 is 11.6 Å². The summed E-state index contributed by atoms with van der Waals surface area (Å²) in [5.74, 6) is -1.56. The first-order chi connectivity index (χ1) is 8.65. The van der Waals surface area contributed by atoms with Gasteiger partial charge in [-0.1, -0.05) is 31.1 Å². The molecule has 1 atom stereocenters. The van der Waals surface area contributed by atoms with Crippen LogP contribution in [0.5, 0.6) is 0 Å². The fourth-order valence-electron chi connectivity index (χ4n) is 1.96. The number of rotatable bonds is 8. The van der Waals surface area contributed by atoms with E-state index in [1.54, 1.807) is 6.07 Å². The summed E-state index contributed by atoms with van der Waals surface area (Å²) >= 11 is 0. The van der Waals surface area contributed by atoms with Crippen LogP contribution in [-0.4, -0.2) is 6.04 Å². The van der Waals surface area contributed by atoms with Gasteiger partial charge in [-0.05, 0) is 37.3 Å². The molecular formula is C15H21F2N. The van der Waals surface area contributed by atoms with Crippen LogP contribution in [0.1, 0.15) is 37.7 Å². The molecule has 1 nitrogen and oxygen atoms in total. The second-order valence-corrected chi connectivity index (χ2v) is 4.60. The zero-order chi connectivity index (χ0) is 13.4. The zero-order valence-corrected chi connectivity index (χ0v) is 10.7. The molecule has 0 heterocycles. The summed E-state index contributed by atoms with van der Waals surface area (Å²) in [6, 6.07) is 4.13. The highest BCUT2D eigenvalue weighted by Crippen LogP contribution is 2.15. The van der Waals surface area contributed by atoms with E-state index in [1.807, 2.05) is 6.08 Å². The van der Waals surface area contributed by atoms with E-state index in [0.717, 1.165) is 38.2 Å². The second kappa shape index (κ2) is 7.98. The Morgan fingerprint density at radius 2 is 2.00 bits per heavy atom. The van der Waals surface area contributed by atoms with Crippen molar-refractivity contribution < 1.29 is 8.78 Å². The van der Waals surface area contributed by atoms with Crippen molar-refractivity contribution in [2.45, 2.75) is 44.6 Å². The summed E-state index contributed by atoms with van der Waals surface area (Å²) in [7, 11) is 0. The molecule has 0 radical (unpaired) electrons. The monoisotopic (exact) mass is 253 g/mol. The van der Waals surface area contributed by atoms with E-state index in [9.17, 15) is 8.78 Å². The van der Waals surface area contributed by atoms with Crippen molar-refractivity contribution in [3.05, 3.63) is 48.1 Å². The number of hydrogen-bond donors (Lipinski definition) is 1. The molecule has 0 bridgehead atoms. The Kier molecular flexibility index (Phi) is 6.58. The van der Waals surface area contributed by atoms with Gasteiger partial charge in [-0.25, -0.2) is 8.78 Å². The van der Waals surface area contributed by atoms with Crippen molar-refractivity contribution in [1.29, 1.82) is 0 Å². The molecule has 18 heavy (non-hydrogen) atoms. The van der Waals surface area contributed by atoms with Crippen molar-refractivity contribution >= 4 is 0 Å². The molecule has 0 aromatic heterocycles. The van der Waals surface area contributed by atoms with Crippen LogP contribution in [0.15, 0.2) is 30.9 Å². The molecule has 0 aliphatic carbocycles. The van der Waals surface area contributed by atoms with Crippen molar-refractivity contribution in [2.75, 3.05) is 0 Å². The molecule has 0 fully saturated rings. The van der Waals surface area contributed by atoms with Crippen molar-refractivity contribution in [2.24, 2.45) is 5.73 Å². The lowest BCUT2D eigenvalue weighted by atomic mass is 10.0. The fraction of sp³-hybridized carbons (Fsp3) is 0.467. The number of hydrogen-bond acceptors (Lipinski definition) is 1. The third-order valence-electron chi connectivity index (χ3n) is 3.00. The predicted octanol–water partition coefficient (Wildman–Crippen LogP) is 3.97. The van der Waals surface area contributed by atoms with Crippen LogP contribution in [0.4, 0.5) is 8.78 Å². The van der Waals surface area contributed by atoms with E-state index in [2.05, 4.69) is 6.58 Å². The van der Waals surface area contributed by atoms with E-state index in [1.165, 1.54) is 6.07 Å². The number of unbranched alkanes of at least 4 members (excludes halogenated alkanes) is 3. The molecule has 0 aliphatic rings. The molecule has 1 rings (SSSR count). The van der Waals surface area contributed by atoms with E-state index in [-0.39, 0.29) is 6.04 Å². The molecule has 100 valence electrons. The van der Waals surface area contributed by atoms with Crippen LogP contribution in [0.25, 0.3) is 0 Å². The summed E-state index contributed by atoms with van der Waals surface area (Å²) in [6.07, 6.45) is 7.40. The Morgan fingerprint density at radius 3 is 2.72 bits per heavy atom. The number of benzene rings is 1. The molecule has 0 amide bonds. The summed E-state index contributed by atoms with van der Waals surface area (Å²) in [5.41, 5.74) is 6.30. The highest BCUT2D eigenvalue weighted by Gasteiger charge is 2.11. The minimum atomic E-state index is -0.800. The first-order valence-corrected chi connectivity index (χ1v) is 6.44. The van der Waals surface area contributed by atoms with Gasteiger partial charge in [-0.3, -0.25) is 0 Å². The van der Waals surface area contributed by atoms with Crippen LogP contribution in [0, 0.1) is 11.6 Å². The fourth-order valence-corrected chi connectivity index (χ4v) is 1.96. The SMILES string of the molecule is C=CCCCCCC(N)Cc1cccc(F)c1F. The Bertz CT molecular complexity index is 377. The minimum Gasteiger partial charge on any atom is -0.327 e.